The van der Waals surface area contributed by atoms with E-state index in [1.165, 1.54) is 16.9 Å². The summed E-state index contributed by atoms with van der Waals surface area (Å²) in [6.07, 6.45) is 1.54. The Balaban J connectivity index is 1.81. The van der Waals surface area contributed by atoms with E-state index in [4.69, 9.17) is 34.8 Å². The number of rotatable bonds is 5. The molecule has 1 N–H and O–H groups in total. The van der Waals surface area contributed by atoms with Crippen LogP contribution in [0.5, 0.6) is 0 Å². The van der Waals surface area contributed by atoms with Crippen molar-refractivity contribution in [1.82, 2.24) is 9.78 Å². The molecule has 0 atom stereocenters. The molecular formula is C14H10Cl3N3O2S2. The maximum absolute atomic E-state index is 12.2. The maximum atomic E-state index is 12.2. The summed E-state index contributed by atoms with van der Waals surface area (Å²) < 4.78 is 28.5. The van der Waals surface area contributed by atoms with E-state index in [1.807, 2.05) is 0 Å². The maximum Gasteiger partial charge on any atom is 0.272 e. The average molecular weight is 423 g/mol. The molecule has 3 aromatic rings. The molecule has 0 radical (unpaired) electrons. The van der Waals surface area contributed by atoms with Crippen LogP contribution in [0.15, 0.2) is 46.1 Å². The molecule has 0 saturated heterocycles. The van der Waals surface area contributed by atoms with Crippen LogP contribution in [0.4, 0.5) is 5.82 Å². The summed E-state index contributed by atoms with van der Waals surface area (Å²) in [5.74, 6) is 0.0742. The lowest BCUT2D eigenvalue weighted by Crippen LogP contribution is -2.12. The number of hydrogen-bond acceptors (Lipinski definition) is 4. The summed E-state index contributed by atoms with van der Waals surface area (Å²) in [7, 11) is -3.69. The van der Waals surface area contributed by atoms with Gasteiger partial charge in [-0.05, 0) is 29.1 Å². The number of nitrogens with zero attached hydrogens (tertiary/aromatic N) is 2. The highest BCUT2D eigenvalue weighted by atomic mass is 35.5. The van der Waals surface area contributed by atoms with E-state index in [1.54, 1.807) is 29.6 Å². The Morgan fingerprint density at radius 2 is 1.92 bits per heavy atom. The van der Waals surface area contributed by atoms with Crippen molar-refractivity contribution in [3.05, 3.63) is 62.5 Å². The van der Waals surface area contributed by atoms with Gasteiger partial charge in [-0.15, -0.1) is 11.3 Å². The van der Waals surface area contributed by atoms with E-state index in [2.05, 4.69) is 9.82 Å². The molecular weight excluding hydrogens is 413 g/mol. The number of nitrogens with one attached hydrogen (secondary N) is 1. The molecule has 0 aliphatic carbocycles. The van der Waals surface area contributed by atoms with Crippen molar-refractivity contribution >= 4 is 62.0 Å². The molecule has 2 aromatic heterocycles. The van der Waals surface area contributed by atoms with Crippen molar-refractivity contribution in [3.8, 4) is 0 Å². The standard InChI is InChI=1S/C14H10Cl3N3O2S2/c15-10-4-3-9(6-11(10)16)7-20-8-12(17)14(18-20)19-24(21,22)13-2-1-5-23-13/h1-6,8H,7H2,(H,18,19). The highest BCUT2D eigenvalue weighted by Gasteiger charge is 2.19. The number of anilines is 1. The van der Waals surface area contributed by atoms with Crippen molar-refractivity contribution in [2.75, 3.05) is 4.72 Å². The Labute approximate surface area is 157 Å². The number of hydrogen-bond donors (Lipinski definition) is 1. The van der Waals surface area contributed by atoms with Crippen molar-refractivity contribution < 1.29 is 8.42 Å². The Kier molecular flexibility index (Phi) is 5.08. The van der Waals surface area contributed by atoms with E-state index < -0.39 is 10.0 Å². The first-order valence-electron chi connectivity index (χ1n) is 6.58. The van der Waals surface area contributed by atoms with Crippen LogP contribution in [0, 0.1) is 0 Å². The predicted octanol–water partition coefficient (Wildman–Crippen LogP) is 4.75. The van der Waals surface area contributed by atoms with Crippen LogP contribution in [-0.2, 0) is 16.6 Å². The van der Waals surface area contributed by atoms with Gasteiger partial charge in [0.05, 0.1) is 16.6 Å². The summed E-state index contributed by atoms with van der Waals surface area (Å²) in [6.45, 7) is 0.372. The Morgan fingerprint density at radius 1 is 1.12 bits per heavy atom. The number of halogens is 3. The second kappa shape index (κ2) is 6.93. The topological polar surface area (TPSA) is 64.0 Å². The van der Waals surface area contributed by atoms with E-state index in [0.29, 0.717) is 16.6 Å². The second-order valence-electron chi connectivity index (χ2n) is 4.81. The molecule has 0 spiro atoms. The average Bonchev–Trinajstić information content (AvgIpc) is 3.14. The van der Waals surface area contributed by atoms with Gasteiger partial charge in [0.15, 0.2) is 5.82 Å². The number of aromatic nitrogens is 2. The van der Waals surface area contributed by atoms with Crippen LogP contribution in [-0.4, -0.2) is 18.2 Å². The van der Waals surface area contributed by atoms with E-state index in [9.17, 15) is 8.42 Å². The SMILES string of the molecule is O=S(=O)(Nc1nn(Cc2ccc(Cl)c(Cl)c2)cc1Cl)c1cccs1. The first kappa shape index (κ1) is 17.6. The molecule has 1 aromatic carbocycles. The molecule has 5 nitrogen and oxygen atoms in total. The third kappa shape index (κ3) is 3.87. The molecule has 0 aliphatic heterocycles. The van der Waals surface area contributed by atoms with Crippen molar-refractivity contribution in [3.63, 3.8) is 0 Å². The second-order valence-corrected chi connectivity index (χ2v) is 8.89. The Morgan fingerprint density at radius 3 is 2.58 bits per heavy atom. The largest absolute Gasteiger partial charge is 0.272 e. The molecule has 0 fully saturated rings. The van der Waals surface area contributed by atoms with Crippen molar-refractivity contribution in [2.24, 2.45) is 0 Å². The first-order chi connectivity index (χ1) is 11.3. The molecule has 10 heteroatoms. The van der Waals surface area contributed by atoms with Crippen LogP contribution < -0.4 is 4.72 Å². The third-order valence-electron chi connectivity index (χ3n) is 3.04. The van der Waals surface area contributed by atoms with Crippen LogP contribution in [0.3, 0.4) is 0 Å². The molecule has 2 heterocycles. The summed E-state index contributed by atoms with van der Waals surface area (Å²) in [5.41, 5.74) is 0.858. The molecule has 0 aliphatic rings. The minimum Gasteiger partial charge on any atom is -0.265 e. The van der Waals surface area contributed by atoms with E-state index in [0.717, 1.165) is 16.9 Å². The van der Waals surface area contributed by atoms with Gasteiger partial charge in [-0.1, -0.05) is 46.9 Å². The normalized spacial score (nSPS) is 11.6. The van der Waals surface area contributed by atoms with E-state index in [-0.39, 0.29) is 15.0 Å². The smallest absolute Gasteiger partial charge is 0.265 e. The van der Waals surface area contributed by atoms with Gasteiger partial charge in [0.1, 0.15) is 9.23 Å². The van der Waals surface area contributed by atoms with Gasteiger partial charge in [-0.25, -0.2) is 8.42 Å². The zero-order valence-corrected chi connectivity index (χ0v) is 15.8. The van der Waals surface area contributed by atoms with E-state index >= 15 is 0 Å². The number of benzene rings is 1. The molecule has 0 bridgehead atoms. The van der Waals surface area contributed by atoms with Crippen LogP contribution in [0.1, 0.15) is 5.56 Å². The van der Waals surface area contributed by atoms with Crippen LogP contribution in [0.2, 0.25) is 15.1 Å². The first-order valence-corrected chi connectivity index (χ1v) is 10.1. The Bertz CT molecular complexity index is 969. The molecule has 126 valence electrons. The van der Waals surface area contributed by atoms with Gasteiger partial charge in [0.2, 0.25) is 0 Å². The lowest BCUT2D eigenvalue weighted by molar-refractivity contribution is 0.602. The lowest BCUT2D eigenvalue weighted by Gasteiger charge is -2.04. The fourth-order valence-corrected chi connectivity index (χ4v) is 4.55. The van der Waals surface area contributed by atoms with Gasteiger partial charge in [-0.2, -0.15) is 5.10 Å². The van der Waals surface area contributed by atoms with Crippen LogP contribution in [0.25, 0.3) is 0 Å². The fraction of sp³-hybridized carbons (Fsp3) is 0.0714. The predicted molar refractivity (Wildman–Crippen MR) is 97.9 cm³/mol. The zero-order valence-electron chi connectivity index (χ0n) is 11.9. The summed E-state index contributed by atoms with van der Waals surface area (Å²) in [5, 5.41) is 6.96. The third-order valence-corrected chi connectivity index (χ3v) is 6.79. The highest BCUT2D eigenvalue weighted by molar-refractivity contribution is 7.94. The zero-order chi connectivity index (χ0) is 17.3. The fourth-order valence-electron chi connectivity index (χ4n) is 1.97. The minimum absolute atomic E-state index is 0.0742. The van der Waals surface area contributed by atoms with Crippen molar-refractivity contribution in [1.29, 1.82) is 0 Å². The lowest BCUT2D eigenvalue weighted by atomic mass is 10.2. The van der Waals surface area contributed by atoms with Gasteiger partial charge in [-0.3, -0.25) is 9.40 Å². The molecule has 0 amide bonds. The number of thiophene rings is 1. The molecule has 0 unspecified atom stereocenters. The van der Waals surface area contributed by atoms with Gasteiger partial charge >= 0.3 is 0 Å². The highest BCUT2D eigenvalue weighted by Crippen LogP contribution is 2.26. The molecule has 24 heavy (non-hydrogen) atoms. The number of sulfonamides is 1. The van der Waals surface area contributed by atoms with Gasteiger partial charge in [0.25, 0.3) is 10.0 Å². The monoisotopic (exact) mass is 421 g/mol. The molecule has 0 saturated carbocycles. The quantitative estimate of drug-likeness (QED) is 0.645. The van der Waals surface area contributed by atoms with Gasteiger partial charge in [0, 0.05) is 6.20 Å². The van der Waals surface area contributed by atoms with Gasteiger partial charge < -0.3 is 0 Å². The van der Waals surface area contributed by atoms with Crippen LogP contribution >= 0.6 is 46.1 Å². The minimum atomic E-state index is -3.69. The summed E-state index contributed by atoms with van der Waals surface area (Å²) in [6, 6.07) is 8.37. The molecule has 3 rings (SSSR count). The summed E-state index contributed by atoms with van der Waals surface area (Å²) >= 11 is 19.1. The Hall–Kier alpha value is -1.25. The van der Waals surface area contributed by atoms with Crippen molar-refractivity contribution in [2.45, 2.75) is 10.8 Å². The summed E-state index contributed by atoms with van der Waals surface area (Å²) in [4.78, 5) is 0.